The Hall–Kier alpha value is -0.460. The number of nitrogens with zero attached hydrogens (tertiary/aromatic N) is 1. The van der Waals surface area contributed by atoms with Gasteiger partial charge in [-0.3, -0.25) is 0 Å². The third-order valence-corrected chi connectivity index (χ3v) is 5.07. The second-order valence-corrected chi connectivity index (χ2v) is 7.09. The van der Waals surface area contributed by atoms with E-state index in [0.29, 0.717) is 18.5 Å². The summed E-state index contributed by atoms with van der Waals surface area (Å²) < 4.78 is 23.5. The van der Waals surface area contributed by atoms with Gasteiger partial charge in [0.05, 0.1) is 22.2 Å². The molecule has 0 amide bonds. The number of hydrogen-bond donors (Lipinski definition) is 1. The molecule has 1 rings (SSSR count). The highest BCUT2D eigenvalue weighted by Crippen LogP contribution is 2.14. The van der Waals surface area contributed by atoms with Crippen LogP contribution >= 0.6 is 11.3 Å². The van der Waals surface area contributed by atoms with Crippen LogP contribution in [0.3, 0.4) is 0 Å². The van der Waals surface area contributed by atoms with E-state index in [-0.39, 0.29) is 18.1 Å². The highest BCUT2D eigenvalue weighted by molar-refractivity contribution is 7.90. The van der Waals surface area contributed by atoms with Crippen LogP contribution in [0.5, 0.6) is 0 Å². The van der Waals surface area contributed by atoms with Gasteiger partial charge in [0, 0.05) is 12.0 Å². The minimum Gasteiger partial charge on any atom is -0.396 e. The Balaban J connectivity index is 2.43. The molecule has 0 aliphatic carbocycles. The van der Waals surface area contributed by atoms with Gasteiger partial charge in [-0.1, -0.05) is 13.3 Å². The molecule has 0 aromatic carbocycles. The minimum absolute atomic E-state index is 0.0443. The first-order valence-corrected chi connectivity index (χ1v) is 8.52. The molecule has 0 saturated carbocycles. The lowest BCUT2D eigenvalue weighted by Crippen LogP contribution is -2.10. The summed E-state index contributed by atoms with van der Waals surface area (Å²) in [6.45, 7) is 2.14. The molecule has 0 aliphatic heterocycles. The van der Waals surface area contributed by atoms with Crippen molar-refractivity contribution in [1.29, 1.82) is 0 Å². The molecule has 17 heavy (non-hydrogen) atoms. The van der Waals surface area contributed by atoms with Gasteiger partial charge in [-0.05, 0) is 19.3 Å². The second kappa shape index (κ2) is 7.08. The van der Waals surface area contributed by atoms with Gasteiger partial charge in [0.15, 0.2) is 9.84 Å². The highest BCUT2D eigenvalue weighted by atomic mass is 32.2. The van der Waals surface area contributed by atoms with Gasteiger partial charge in [-0.15, -0.1) is 11.3 Å². The average molecular weight is 277 g/mol. The third kappa shape index (κ3) is 5.61. The van der Waals surface area contributed by atoms with Crippen molar-refractivity contribution in [3.8, 4) is 0 Å². The summed E-state index contributed by atoms with van der Waals surface area (Å²) in [7, 11) is -3.05. The number of thiazole rings is 1. The second-order valence-electron chi connectivity index (χ2n) is 3.96. The largest absolute Gasteiger partial charge is 0.396 e. The predicted molar refractivity (Wildman–Crippen MR) is 69.9 cm³/mol. The number of aliphatic hydroxyl groups excluding tert-OH is 1. The molecule has 0 saturated heterocycles. The number of hydrogen-bond acceptors (Lipinski definition) is 5. The molecule has 4 nitrogen and oxygen atoms in total. The predicted octanol–water partition coefficient (Wildman–Crippen LogP) is 1.78. The zero-order valence-electron chi connectivity index (χ0n) is 10.1. The van der Waals surface area contributed by atoms with E-state index in [1.165, 1.54) is 11.3 Å². The molecule has 0 aliphatic rings. The van der Waals surface area contributed by atoms with Crippen molar-refractivity contribution in [3.05, 3.63) is 16.1 Å². The molecule has 1 aromatic heterocycles. The van der Waals surface area contributed by atoms with Gasteiger partial charge in [-0.2, -0.15) is 0 Å². The van der Waals surface area contributed by atoms with Gasteiger partial charge in [0.2, 0.25) is 0 Å². The van der Waals surface area contributed by atoms with Crippen molar-refractivity contribution in [2.75, 3.05) is 12.4 Å². The Morgan fingerprint density at radius 1 is 1.35 bits per heavy atom. The number of aliphatic hydroxyl groups is 1. The zero-order chi connectivity index (χ0) is 12.7. The molecule has 0 fully saturated rings. The number of aromatic nitrogens is 1. The number of sulfone groups is 1. The Kier molecular flexibility index (Phi) is 6.08. The Bertz CT molecular complexity index is 426. The van der Waals surface area contributed by atoms with Crippen LogP contribution in [-0.4, -0.2) is 30.9 Å². The smallest absolute Gasteiger partial charge is 0.156 e. The number of unbranched alkanes of at least 4 members (excludes halogenated alkanes) is 2. The van der Waals surface area contributed by atoms with Crippen LogP contribution in [-0.2, 0) is 22.0 Å². The van der Waals surface area contributed by atoms with Crippen molar-refractivity contribution >= 4 is 21.2 Å². The van der Waals surface area contributed by atoms with Gasteiger partial charge in [0.25, 0.3) is 0 Å². The number of aryl methyl sites for hydroxylation is 1. The van der Waals surface area contributed by atoms with Crippen molar-refractivity contribution in [1.82, 2.24) is 4.98 Å². The lowest BCUT2D eigenvalue weighted by molar-refractivity contribution is 0.284. The maximum Gasteiger partial charge on any atom is 0.156 e. The van der Waals surface area contributed by atoms with Crippen LogP contribution in [0.4, 0.5) is 0 Å². The monoisotopic (exact) mass is 277 g/mol. The maximum atomic E-state index is 11.8. The molecule has 98 valence electrons. The fraction of sp³-hybridized carbons (Fsp3) is 0.727. The first kappa shape index (κ1) is 14.6. The van der Waals surface area contributed by atoms with Crippen molar-refractivity contribution in [2.45, 2.75) is 38.4 Å². The molecule has 0 spiro atoms. The summed E-state index contributed by atoms with van der Waals surface area (Å²) in [5, 5.41) is 11.4. The van der Waals surface area contributed by atoms with Crippen LogP contribution in [0.2, 0.25) is 0 Å². The topological polar surface area (TPSA) is 67.3 Å². The van der Waals surface area contributed by atoms with Crippen LogP contribution < -0.4 is 0 Å². The third-order valence-electron chi connectivity index (χ3n) is 2.38. The first-order chi connectivity index (χ1) is 8.07. The van der Waals surface area contributed by atoms with Gasteiger partial charge >= 0.3 is 0 Å². The van der Waals surface area contributed by atoms with Crippen molar-refractivity contribution < 1.29 is 13.5 Å². The molecule has 0 unspecified atom stereocenters. The van der Waals surface area contributed by atoms with E-state index in [4.69, 9.17) is 5.11 Å². The van der Waals surface area contributed by atoms with Gasteiger partial charge in [-0.25, -0.2) is 13.4 Å². The van der Waals surface area contributed by atoms with Crippen LogP contribution in [0, 0.1) is 0 Å². The lowest BCUT2D eigenvalue weighted by atomic mass is 10.3. The zero-order valence-corrected chi connectivity index (χ0v) is 11.7. The summed E-state index contributed by atoms with van der Waals surface area (Å²) in [5.41, 5.74) is 0.661. The summed E-state index contributed by atoms with van der Waals surface area (Å²) in [6, 6.07) is 0. The maximum absolute atomic E-state index is 11.8. The summed E-state index contributed by atoms with van der Waals surface area (Å²) in [6.07, 6.45) is 2.90. The first-order valence-electron chi connectivity index (χ1n) is 5.82. The van der Waals surface area contributed by atoms with Crippen LogP contribution in [0.15, 0.2) is 5.38 Å². The fourth-order valence-corrected chi connectivity index (χ4v) is 3.72. The molecule has 1 heterocycles. The Morgan fingerprint density at radius 2 is 2.12 bits per heavy atom. The highest BCUT2D eigenvalue weighted by Gasteiger charge is 2.13. The SMILES string of the molecule is CCc1nc(CS(=O)(=O)CCCCCO)cs1. The lowest BCUT2D eigenvalue weighted by Gasteiger charge is -2.01. The summed E-state index contributed by atoms with van der Waals surface area (Å²) >= 11 is 1.51. The van der Waals surface area contributed by atoms with Crippen molar-refractivity contribution in [3.63, 3.8) is 0 Å². The standard InChI is InChI=1S/C11H19NO3S2/c1-2-11-12-10(8-16-11)9-17(14,15)7-5-3-4-6-13/h8,13H,2-7,9H2,1H3. The molecule has 0 atom stereocenters. The van der Waals surface area contributed by atoms with Crippen molar-refractivity contribution in [2.24, 2.45) is 0 Å². The van der Waals surface area contributed by atoms with E-state index in [9.17, 15) is 8.42 Å². The Labute approximate surface area is 107 Å². The number of rotatable bonds is 8. The molecule has 0 radical (unpaired) electrons. The summed E-state index contributed by atoms with van der Waals surface area (Å²) in [5.74, 6) is 0.231. The van der Waals surface area contributed by atoms with Gasteiger partial charge < -0.3 is 5.11 Å². The molecule has 0 bridgehead atoms. The average Bonchev–Trinajstić information content (AvgIpc) is 2.71. The molecule has 1 aromatic rings. The van der Waals surface area contributed by atoms with E-state index in [1.54, 1.807) is 0 Å². The minimum atomic E-state index is -3.05. The normalized spacial score (nSPS) is 11.9. The summed E-state index contributed by atoms with van der Waals surface area (Å²) in [4.78, 5) is 4.26. The Morgan fingerprint density at radius 3 is 2.71 bits per heavy atom. The molecular weight excluding hydrogens is 258 g/mol. The van der Waals surface area contributed by atoms with E-state index in [0.717, 1.165) is 17.8 Å². The van der Waals surface area contributed by atoms with Gasteiger partial charge in [0.1, 0.15) is 0 Å². The van der Waals surface area contributed by atoms with E-state index < -0.39 is 9.84 Å². The molecule has 1 N–H and O–H groups in total. The van der Waals surface area contributed by atoms with E-state index in [2.05, 4.69) is 4.98 Å². The quantitative estimate of drug-likeness (QED) is 0.736. The molecule has 6 heteroatoms. The van der Waals surface area contributed by atoms with Crippen LogP contribution in [0.1, 0.15) is 36.9 Å². The molecular formula is C11H19NO3S2. The van der Waals surface area contributed by atoms with E-state index in [1.807, 2.05) is 12.3 Å². The fourth-order valence-electron chi connectivity index (χ4n) is 1.49. The van der Waals surface area contributed by atoms with E-state index >= 15 is 0 Å². The van der Waals surface area contributed by atoms with Crippen LogP contribution in [0.25, 0.3) is 0 Å².